The Balaban J connectivity index is 0.000000687. The van der Waals surface area contributed by atoms with Crippen molar-refractivity contribution in [3.8, 4) is 0 Å². The molecule has 184 valence electrons. The van der Waals surface area contributed by atoms with E-state index in [1.165, 1.54) is 12.1 Å². The fourth-order valence-electron chi connectivity index (χ4n) is 1.90. The van der Waals surface area contributed by atoms with Gasteiger partial charge in [-0.3, -0.25) is 4.18 Å². The molecular formula is C19H33N3O9S. The smallest absolute Gasteiger partial charge is 0.297 e. The van der Waals surface area contributed by atoms with Gasteiger partial charge in [0, 0.05) is 11.5 Å². The molecule has 0 aliphatic heterocycles. The molecule has 0 aromatic heterocycles. The van der Waals surface area contributed by atoms with Crippen molar-refractivity contribution in [3.63, 3.8) is 0 Å². The molecule has 1 aromatic rings. The predicted octanol–water partition coefficient (Wildman–Crippen LogP) is 1.05. The summed E-state index contributed by atoms with van der Waals surface area (Å²) in [7, 11) is -3.72. The van der Waals surface area contributed by atoms with Crippen molar-refractivity contribution in [1.82, 2.24) is 0 Å². The zero-order valence-corrected chi connectivity index (χ0v) is 19.1. The van der Waals surface area contributed by atoms with Gasteiger partial charge in [-0.25, -0.2) is 0 Å². The van der Waals surface area contributed by atoms with Crippen LogP contribution in [0.4, 0.5) is 0 Å². The number of hydrogen-bond acceptors (Lipinski definition) is 10. The third kappa shape index (κ3) is 17.8. The molecular weight excluding hydrogens is 446 g/mol. The summed E-state index contributed by atoms with van der Waals surface area (Å²) < 4.78 is 48.5. The number of benzene rings is 1. The first-order chi connectivity index (χ1) is 15.5. The Labute approximate surface area is 188 Å². The molecule has 1 aromatic carbocycles. The quantitative estimate of drug-likeness (QED) is 0.103. The molecule has 0 saturated heterocycles. The zero-order valence-electron chi connectivity index (χ0n) is 18.3. The predicted molar refractivity (Wildman–Crippen MR) is 116 cm³/mol. The van der Waals surface area contributed by atoms with Crippen LogP contribution in [0.25, 0.3) is 10.4 Å². The summed E-state index contributed by atoms with van der Waals surface area (Å²) in [4.78, 5) is 2.70. The van der Waals surface area contributed by atoms with Crippen LogP contribution in [0.2, 0.25) is 0 Å². The van der Waals surface area contributed by atoms with Crippen LogP contribution in [-0.2, 0) is 33.2 Å². The SMILES string of the molecule is Cc1ccc(S(=O)(=O)OCCOCCOCCO)cc1.[N-]=[N+]=NCCOCCOCCO. The first-order valence-corrected chi connectivity index (χ1v) is 11.4. The lowest BCUT2D eigenvalue weighted by Gasteiger charge is -2.07. The second-order valence-electron chi connectivity index (χ2n) is 5.94. The summed E-state index contributed by atoms with van der Waals surface area (Å²) in [6.45, 7) is 4.94. The van der Waals surface area contributed by atoms with E-state index < -0.39 is 10.1 Å². The van der Waals surface area contributed by atoms with E-state index in [9.17, 15) is 8.42 Å². The molecule has 0 spiro atoms. The number of aliphatic hydroxyl groups is 2. The maximum absolute atomic E-state index is 11.8. The number of azide groups is 1. The Morgan fingerprint density at radius 3 is 1.78 bits per heavy atom. The first-order valence-electron chi connectivity index (χ1n) is 9.97. The van der Waals surface area contributed by atoms with Gasteiger partial charge in [-0.05, 0) is 24.6 Å². The minimum atomic E-state index is -3.72. The van der Waals surface area contributed by atoms with Crippen molar-refractivity contribution in [2.75, 3.05) is 79.2 Å². The molecule has 0 unspecified atom stereocenters. The average molecular weight is 480 g/mol. The highest BCUT2D eigenvalue weighted by atomic mass is 32.2. The van der Waals surface area contributed by atoms with E-state index in [0.29, 0.717) is 46.2 Å². The maximum Gasteiger partial charge on any atom is 0.297 e. The molecule has 0 heterocycles. The van der Waals surface area contributed by atoms with Crippen molar-refractivity contribution in [3.05, 3.63) is 40.3 Å². The zero-order chi connectivity index (χ0) is 23.9. The molecule has 2 N–H and O–H groups in total. The number of hydrogen-bond donors (Lipinski definition) is 2. The summed E-state index contributed by atoms with van der Waals surface area (Å²) in [6.07, 6.45) is 0. The lowest BCUT2D eigenvalue weighted by Crippen LogP contribution is -2.14. The van der Waals surface area contributed by atoms with Crippen LogP contribution >= 0.6 is 0 Å². The molecule has 0 aliphatic carbocycles. The summed E-state index contributed by atoms with van der Waals surface area (Å²) >= 11 is 0. The van der Waals surface area contributed by atoms with Gasteiger partial charge in [0.2, 0.25) is 0 Å². The second-order valence-corrected chi connectivity index (χ2v) is 7.56. The van der Waals surface area contributed by atoms with Gasteiger partial charge in [-0.2, -0.15) is 8.42 Å². The van der Waals surface area contributed by atoms with Crippen LogP contribution in [0, 0.1) is 6.92 Å². The van der Waals surface area contributed by atoms with Gasteiger partial charge in [0.25, 0.3) is 10.1 Å². The number of aryl methyl sites for hydroxylation is 1. The Bertz CT molecular complexity index is 711. The van der Waals surface area contributed by atoms with E-state index in [2.05, 4.69) is 10.0 Å². The lowest BCUT2D eigenvalue weighted by molar-refractivity contribution is 0.0252. The highest BCUT2D eigenvalue weighted by molar-refractivity contribution is 7.86. The van der Waals surface area contributed by atoms with E-state index in [-0.39, 0.29) is 37.9 Å². The number of rotatable bonds is 18. The van der Waals surface area contributed by atoms with Crippen LogP contribution in [0.1, 0.15) is 5.56 Å². The van der Waals surface area contributed by atoms with Gasteiger partial charge in [0.1, 0.15) is 0 Å². The molecule has 0 bridgehead atoms. The van der Waals surface area contributed by atoms with Gasteiger partial charge in [-0.1, -0.05) is 22.8 Å². The number of nitrogens with zero attached hydrogens (tertiary/aromatic N) is 3. The van der Waals surface area contributed by atoms with Crippen molar-refractivity contribution in [1.29, 1.82) is 0 Å². The summed E-state index contributed by atoms with van der Waals surface area (Å²) in [5.74, 6) is 0. The van der Waals surface area contributed by atoms with Crippen molar-refractivity contribution < 1.29 is 41.8 Å². The molecule has 1 rings (SSSR count). The summed E-state index contributed by atoms with van der Waals surface area (Å²) in [5, 5.41) is 20.1. The Morgan fingerprint density at radius 2 is 1.28 bits per heavy atom. The molecule has 0 atom stereocenters. The molecule has 13 heteroatoms. The fourth-order valence-corrected chi connectivity index (χ4v) is 2.79. The molecule has 0 amide bonds. The molecule has 32 heavy (non-hydrogen) atoms. The van der Waals surface area contributed by atoms with E-state index in [4.69, 9.17) is 38.9 Å². The van der Waals surface area contributed by atoms with Gasteiger partial charge >= 0.3 is 0 Å². The van der Waals surface area contributed by atoms with E-state index in [1.54, 1.807) is 12.1 Å². The van der Waals surface area contributed by atoms with Crippen molar-refractivity contribution in [2.45, 2.75) is 11.8 Å². The fraction of sp³-hybridized carbons (Fsp3) is 0.684. The molecule has 12 nitrogen and oxygen atoms in total. The maximum atomic E-state index is 11.8. The van der Waals surface area contributed by atoms with Crippen molar-refractivity contribution in [2.24, 2.45) is 5.11 Å². The lowest BCUT2D eigenvalue weighted by atomic mass is 10.2. The molecule has 0 radical (unpaired) electrons. The molecule has 0 aliphatic rings. The van der Waals surface area contributed by atoms with Crippen LogP contribution in [0.5, 0.6) is 0 Å². The Kier molecular flexibility index (Phi) is 19.9. The van der Waals surface area contributed by atoms with Gasteiger partial charge in [-0.15, -0.1) is 0 Å². The minimum Gasteiger partial charge on any atom is -0.394 e. The normalized spacial score (nSPS) is 10.8. The number of aliphatic hydroxyl groups excluding tert-OH is 2. The first kappa shape index (κ1) is 30.2. The standard InChI is InChI=1S/C13H20O6S.C6H13N3O3/c1-12-2-4-13(5-3-12)20(15,16)19-11-10-18-9-8-17-7-6-14;7-9-8-1-3-11-5-6-12-4-2-10/h2-5,14H,6-11H2,1H3;10H,1-6H2. The van der Waals surface area contributed by atoms with Crippen LogP contribution in [0.3, 0.4) is 0 Å². The van der Waals surface area contributed by atoms with Crippen LogP contribution in [-0.4, -0.2) is 97.9 Å². The third-order valence-corrected chi connectivity index (χ3v) is 4.72. The van der Waals surface area contributed by atoms with Gasteiger partial charge < -0.3 is 29.2 Å². The van der Waals surface area contributed by atoms with E-state index in [1.807, 2.05) is 6.92 Å². The van der Waals surface area contributed by atoms with Gasteiger partial charge in [0.15, 0.2) is 0 Å². The minimum absolute atomic E-state index is 0.0265. The second kappa shape index (κ2) is 21.1. The summed E-state index contributed by atoms with van der Waals surface area (Å²) in [6, 6.07) is 6.44. The van der Waals surface area contributed by atoms with Crippen LogP contribution in [0.15, 0.2) is 34.3 Å². The Hall–Kier alpha value is -1.80. The highest BCUT2D eigenvalue weighted by Crippen LogP contribution is 2.12. The topological polar surface area (TPSA) is 170 Å². The molecule has 0 fully saturated rings. The monoisotopic (exact) mass is 479 g/mol. The van der Waals surface area contributed by atoms with E-state index >= 15 is 0 Å². The molecule has 0 saturated carbocycles. The summed E-state index contributed by atoms with van der Waals surface area (Å²) in [5.41, 5.74) is 8.87. The average Bonchev–Trinajstić information content (AvgIpc) is 2.78. The van der Waals surface area contributed by atoms with Gasteiger partial charge in [0.05, 0.1) is 77.6 Å². The van der Waals surface area contributed by atoms with E-state index in [0.717, 1.165) is 5.56 Å². The number of ether oxygens (including phenoxy) is 4. The van der Waals surface area contributed by atoms with Crippen LogP contribution < -0.4 is 0 Å². The largest absolute Gasteiger partial charge is 0.394 e. The van der Waals surface area contributed by atoms with Crippen molar-refractivity contribution >= 4 is 10.1 Å². The highest BCUT2D eigenvalue weighted by Gasteiger charge is 2.14. The Morgan fingerprint density at radius 1 is 0.812 bits per heavy atom. The third-order valence-electron chi connectivity index (χ3n) is 3.39.